The predicted octanol–water partition coefficient (Wildman–Crippen LogP) is 24.4. The zero-order chi connectivity index (χ0) is 62.7. The van der Waals surface area contributed by atoms with Crippen molar-refractivity contribution < 1.29 is 0 Å². The van der Waals surface area contributed by atoms with Crippen molar-refractivity contribution in [2.24, 2.45) is 0 Å². The molecule has 0 aliphatic rings. The maximum absolute atomic E-state index is 2.51. The van der Waals surface area contributed by atoms with E-state index in [1.807, 2.05) is 0 Å². The van der Waals surface area contributed by atoms with E-state index in [9.17, 15) is 0 Å². The zero-order valence-electron chi connectivity index (χ0n) is 52.9. The molecule has 0 N–H and O–H groups in total. The van der Waals surface area contributed by atoms with Gasteiger partial charge in [0.15, 0.2) is 0 Å². The van der Waals surface area contributed by atoms with Crippen LogP contribution in [-0.2, 0) is 0 Å². The average molecular weight is 1210 g/mol. The van der Waals surface area contributed by atoms with Gasteiger partial charge in [0.25, 0.3) is 0 Å². The van der Waals surface area contributed by atoms with Gasteiger partial charge in [-0.05, 0) is 156 Å². The van der Waals surface area contributed by atoms with Crippen molar-refractivity contribution in [2.75, 3.05) is 9.80 Å². The quantitative estimate of drug-likeness (QED) is 0.122. The molecule has 4 heterocycles. The molecule has 6 nitrogen and oxygen atoms in total. The summed E-state index contributed by atoms with van der Waals surface area (Å²) in [5.41, 5.74) is 22.9. The minimum absolute atomic E-state index is 0.402. The first-order valence-corrected chi connectivity index (χ1v) is 32.9. The fourth-order valence-electron chi connectivity index (χ4n) is 15.2. The maximum atomic E-state index is 2.51. The lowest BCUT2D eigenvalue weighted by Crippen LogP contribution is -2.10. The van der Waals surface area contributed by atoms with Gasteiger partial charge in [-0.2, -0.15) is 0 Å². The molecule has 18 aromatic rings. The van der Waals surface area contributed by atoms with Crippen LogP contribution in [0, 0.1) is 0 Å². The van der Waals surface area contributed by atoms with Gasteiger partial charge in [-0.25, -0.2) is 0 Å². The molecule has 14 aromatic carbocycles. The molecular formula is C88H66N6. The van der Waals surface area contributed by atoms with Gasteiger partial charge < -0.3 is 28.1 Å². The molecule has 6 heteroatoms. The van der Waals surface area contributed by atoms with Gasteiger partial charge in [-0.1, -0.05) is 210 Å². The number of aromatic nitrogens is 4. The number of benzene rings is 14. The standard InChI is InChI=1S/C88H66N6/c1-57(2)59-23-21-33-65(51-59)91-81-37-19-17-35-71(81)73-43-39-67(53-83(73)91)89(61-25-9-5-10-26-61)69-41-45-75-77-47-49-80-79(87(77)93(85(75)55-69)63-29-13-7-14-30-63)50-48-78-76-46-42-70(56-86(76)94(88(78)80)64-31-15-8-16-32-64)90(62-27-11-6-12-28-62)68-40-44-74-72-36-18-20-38-82(72)92(84(74)54-68)66-34-22-24-60(52-66)58(3)4/h5-58H,1-4H3. The third-order valence-corrected chi connectivity index (χ3v) is 19.6. The van der Waals surface area contributed by atoms with Crippen LogP contribution in [0.5, 0.6) is 0 Å². The van der Waals surface area contributed by atoms with Crippen molar-refractivity contribution >= 4 is 132 Å². The van der Waals surface area contributed by atoms with E-state index in [0.717, 1.165) is 78.9 Å². The van der Waals surface area contributed by atoms with E-state index in [0.29, 0.717) is 11.8 Å². The molecule has 0 aliphatic carbocycles. The molecule has 0 radical (unpaired) electrons. The molecule has 0 saturated carbocycles. The van der Waals surface area contributed by atoms with Crippen LogP contribution in [0.1, 0.15) is 50.7 Å². The van der Waals surface area contributed by atoms with E-state index in [2.05, 4.69) is 371 Å². The minimum Gasteiger partial charge on any atom is -0.310 e. The Morgan fingerprint density at radius 3 is 0.840 bits per heavy atom. The summed E-state index contributed by atoms with van der Waals surface area (Å²) in [6.45, 7) is 9.08. The monoisotopic (exact) mass is 1210 g/mol. The maximum Gasteiger partial charge on any atom is 0.0620 e. The molecule has 0 aliphatic heterocycles. The van der Waals surface area contributed by atoms with Crippen LogP contribution in [0.4, 0.5) is 34.1 Å². The number of fused-ring (bicyclic) bond motifs is 15. The summed E-state index contributed by atoms with van der Waals surface area (Å²) >= 11 is 0. The Morgan fingerprint density at radius 1 is 0.202 bits per heavy atom. The van der Waals surface area contributed by atoms with Crippen molar-refractivity contribution in [2.45, 2.75) is 39.5 Å². The first kappa shape index (κ1) is 55.0. The molecule has 0 bridgehead atoms. The fourth-order valence-corrected chi connectivity index (χ4v) is 15.2. The average Bonchev–Trinajstić information content (AvgIpc) is 1.55. The molecule has 0 unspecified atom stereocenters. The first-order valence-electron chi connectivity index (χ1n) is 32.9. The Balaban J connectivity index is 0.843. The molecule has 94 heavy (non-hydrogen) atoms. The molecule has 0 fully saturated rings. The summed E-state index contributed by atoms with van der Waals surface area (Å²) in [5.74, 6) is 0.804. The summed E-state index contributed by atoms with van der Waals surface area (Å²) in [7, 11) is 0. The molecule has 0 saturated heterocycles. The second kappa shape index (κ2) is 21.9. The number of rotatable bonds is 12. The Kier molecular flexibility index (Phi) is 12.8. The number of para-hydroxylation sites is 6. The van der Waals surface area contributed by atoms with E-state index in [4.69, 9.17) is 0 Å². The van der Waals surface area contributed by atoms with Crippen LogP contribution in [-0.4, -0.2) is 18.3 Å². The van der Waals surface area contributed by atoms with Gasteiger partial charge >= 0.3 is 0 Å². The summed E-state index contributed by atoms with van der Waals surface area (Å²) in [6, 6.07) is 117. The summed E-state index contributed by atoms with van der Waals surface area (Å²) in [4.78, 5) is 4.85. The summed E-state index contributed by atoms with van der Waals surface area (Å²) in [5, 5.41) is 12.1. The third-order valence-electron chi connectivity index (χ3n) is 19.6. The van der Waals surface area contributed by atoms with Crippen molar-refractivity contribution in [3.63, 3.8) is 0 Å². The highest BCUT2D eigenvalue weighted by Gasteiger charge is 2.26. The topological polar surface area (TPSA) is 26.2 Å². The van der Waals surface area contributed by atoms with Gasteiger partial charge in [0.2, 0.25) is 0 Å². The van der Waals surface area contributed by atoms with Crippen molar-refractivity contribution in [3.05, 3.63) is 327 Å². The lowest BCUT2D eigenvalue weighted by atomic mass is 10.0. The van der Waals surface area contributed by atoms with E-state index in [1.54, 1.807) is 0 Å². The smallest absolute Gasteiger partial charge is 0.0620 e. The second-order valence-corrected chi connectivity index (χ2v) is 25.7. The van der Waals surface area contributed by atoms with Crippen LogP contribution in [0.3, 0.4) is 0 Å². The first-order chi connectivity index (χ1) is 46.3. The zero-order valence-corrected chi connectivity index (χ0v) is 52.9. The van der Waals surface area contributed by atoms with Gasteiger partial charge in [0, 0.05) is 111 Å². The molecule has 4 aromatic heterocycles. The fraction of sp³-hybridized carbons (Fsp3) is 0.0682. The van der Waals surface area contributed by atoms with Gasteiger partial charge in [-0.3, -0.25) is 0 Å². The Labute approximate surface area is 545 Å². The Morgan fingerprint density at radius 2 is 0.479 bits per heavy atom. The lowest BCUT2D eigenvalue weighted by molar-refractivity contribution is 0.864. The Hall–Kier alpha value is -11.9. The summed E-state index contributed by atoms with van der Waals surface area (Å²) in [6.07, 6.45) is 0. The van der Waals surface area contributed by atoms with Gasteiger partial charge in [0.1, 0.15) is 0 Å². The molecule has 0 spiro atoms. The van der Waals surface area contributed by atoms with Crippen LogP contribution in [0.25, 0.3) is 121 Å². The van der Waals surface area contributed by atoms with Crippen molar-refractivity contribution in [1.82, 2.24) is 18.3 Å². The summed E-state index contributed by atoms with van der Waals surface area (Å²) < 4.78 is 9.92. The molecule has 0 atom stereocenters. The Bertz CT molecular complexity index is 5620. The third kappa shape index (κ3) is 8.70. The van der Waals surface area contributed by atoms with Gasteiger partial charge in [-0.15, -0.1) is 0 Å². The minimum atomic E-state index is 0.402. The highest BCUT2D eigenvalue weighted by atomic mass is 15.2. The van der Waals surface area contributed by atoms with E-state index in [-0.39, 0.29) is 0 Å². The van der Waals surface area contributed by atoms with Crippen molar-refractivity contribution in [1.29, 1.82) is 0 Å². The van der Waals surface area contributed by atoms with Crippen LogP contribution in [0.15, 0.2) is 315 Å². The molecule has 0 amide bonds. The number of hydrogen-bond donors (Lipinski definition) is 0. The lowest BCUT2D eigenvalue weighted by Gasteiger charge is -2.26. The number of nitrogens with zero attached hydrogens (tertiary/aromatic N) is 6. The van der Waals surface area contributed by atoms with E-state index < -0.39 is 0 Å². The molecular weight excluding hydrogens is 1140 g/mol. The predicted molar refractivity (Wildman–Crippen MR) is 399 cm³/mol. The molecule has 18 rings (SSSR count). The van der Waals surface area contributed by atoms with E-state index in [1.165, 1.54) is 87.1 Å². The van der Waals surface area contributed by atoms with Crippen LogP contribution in [0.2, 0.25) is 0 Å². The normalized spacial score (nSPS) is 12.0. The highest BCUT2D eigenvalue weighted by molar-refractivity contribution is 6.27. The van der Waals surface area contributed by atoms with E-state index >= 15 is 0 Å². The molecule has 448 valence electrons. The number of anilines is 6. The highest BCUT2D eigenvalue weighted by Crippen LogP contribution is 2.48. The van der Waals surface area contributed by atoms with Crippen molar-refractivity contribution in [3.8, 4) is 22.7 Å². The van der Waals surface area contributed by atoms with Gasteiger partial charge in [0.05, 0.1) is 44.1 Å². The number of hydrogen-bond acceptors (Lipinski definition) is 2. The van der Waals surface area contributed by atoms with Crippen LogP contribution >= 0.6 is 0 Å². The largest absolute Gasteiger partial charge is 0.310 e. The second-order valence-electron chi connectivity index (χ2n) is 25.7. The van der Waals surface area contributed by atoms with Crippen LogP contribution < -0.4 is 9.80 Å². The SMILES string of the molecule is CC(C)c1cccc(-n2c3ccccc3c3ccc(N(c4ccccc4)c4ccc5c6ccc7c(ccc8c9ccc(N(c%10ccccc%10)c%10ccc%11c%12ccccc%12n(-c%12cccc(C(C)C)c%12)c%11c%10)cc9n(-c9ccccc9)c87)c6n(-c6ccccc6)c5c4)cc32)c1.